The summed E-state index contributed by atoms with van der Waals surface area (Å²) in [5.74, 6) is -0.262. The first-order chi connectivity index (χ1) is 36.6. The van der Waals surface area contributed by atoms with Gasteiger partial charge in [-0.2, -0.15) is 0 Å². The molecule has 2 saturated heterocycles. The van der Waals surface area contributed by atoms with Gasteiger partial charge in [0.1, 0.15) is 48.8 Å². The van der Waals surface area contributed by atoms with Gasteiger partial charge in [0.15, 0.2) is 12.6 Å². The molecule has 0 saturated carbocycles. The number of ether oxygens (including phenoxy) is 4. The molecule has 2 aliphatic heterocycles. The Morgan fingerprint density at radius 2 is 0.933 bits per heavy atom. The van der Waals surface area contributed by atoms with Gasteiger partial charge in [0.05, 0.1) is 32.0 Å². The minimum atomic E-state index is -1.80. The number of aliphatic hydroxyl groups is 8. The average Bonchev–Trinajstić information content (AvgIpc) is 3.41. The number of unbranched alkanes of at least 4 members (excludes halogenated alkanes) is 20. The SMILES string of the molecule is CC/C=C\C/C=C\C/C=C\C/C=C\CCCCCCCCCCCCC(=O)NC(COC1OC(CO)C(OC2OC(CO)C(O)C(O)C2O)C(O)C1O)C(O)/C=C/CC/C=C/CC/C=C/CCCCCCCCCC. The molecule has 0 aromatic carbocycles. The van der Waals surface area contributed by atoms with Crippen LogP contribution in [0.3, 0.4) is 0 Å². The van der Waals surface area contributed by atoms with E-state index in [2.05, 4.69) is 92.1 Å². The number of amides is 1. The van der Waals surface area contributed by atoms with E-state index in [0.29, 0.717) is 12.8 Å². The minimum Gasteiger partial charge on any atom is -0.394 e. The molecule has 0 spiro atoms. The zero-order chi connectivity index (χ0) is 54.6. The predicted octanol–water partition coefficient (Wildman–Crippen LogP) is 9.72. The van der Waals surface area contributed by atoms with Crippen molar-refractivity contribution in [1.82, 2.24) is 5.32 Å². The first kappa shape index (κ1) is 68.3. The fourth-order valence-electron chi connectivity index (χ4n) is 9.08. The van der Waals surface area contributed by atoms with Gasteiger partial charge < -0.3 is 65.1 Å². The third kappa shape index (κ3) is 32.0. The highest BCUT2D eigenvalue weighted by Crippen LogP contribution is 2.30. The number of hydrogen-bond acceptors (Lipinski definition) is 13. The van der Waals surface area contributed by atoms with Gasteiger partial charge in [-0.3, -0.25) is 4.79 Å². The van der Waals surface area contributed by atoms with E-state index in [1.165, 1.54) is 89.9 Å². The Hall–Kier alpha value is -2.83. The highest BCUT2D eigenvalue weighted by molar-refractivity contribution is 5.76. The summed E-state index contributed by atoms with van der Waals surface area (Å²) in [5, 5.41) is 87.0. The number of carbonyl (C=O) groups is 1. The molecule has 2 aliphatic rings. The fraction of sp³-hybridized carbons (Fsp3) is 0.754. The number of aliphatic hydroxyl groups excluding tert-OH is 8. The lowest BCUT2D eigenvalue weighted by Gasteiger charge is -2.46. The first-order valence-corrected chi connectivity index (χ1v) is 29.3. The van der Waals surface area contributed by atoms with Crippen LogP contribution >= 0.6 is 0 Å². The van der Waals surface area contributed by atoms with Crippen LogP contribution in [-0.2, 0) is 23.7 Å². The molecule has 2 heterocycles. The monoisotopic (exact) mass is 1060 g/mol. The third-order valence-corrected chi connectivity index (χ3v) is 13.8. The molecule has 2 fully saturated rings. The molecule has 14 heteroatoms. The molecule has 1 amide bonds. The highest BCUT2D eigenvalue weighted by atomic mass is 16.7. The second-order valence-electron chi connectivity index (χ2n) is 20.4. The molecule has 0 aromatic rings. The fourth-order valence-corrected chi connectivity index (χ4v) is 9.08. The van der Waals surface area contributed by atoms with Crippen molar-refractivity contribution in [2.24, 2.45) is 0 Å². The van der Waals surface area contributed by atoms with E-state index in [9.17, 15) is 45.6 Å². The summed E-state index contributed by atoms with van der Waals surface area (Å²) in [7, 11) is 0. The van der Waals surface area contributed by atoms with Crippen molar-refractivity contribution in [1.29, 1.82) is 0 Å². The van der Waals surface area contributed by atoms with Crippen LogP contribution in [0.2, 0.25) is 0 Å². The summed E-state index contributed by atoms with van der Waals surface area (Å²) in [6.07, 6.45) is 44.7. The van der Waals surface area contributed by atoms with E-state index in [-0.39, 0.29) is 18.9 Å². The van der Waals surface area contributed by atoms with Gasteiger partial charge in [-0.15, -0.1) is 0 Å². The smallest absolute Gasteiger partial charge is 0.220 e. The van der Waals surface area contributed by atoms with Crippen molar-refractivity contribution in [2.45, 2.75) is 274 Å². The van der Waals surface area contributed by atoms with Crippen LogP contribution in [0, 0.1) is 0 Å². The number of nitrogens with one attached hydrogen (secondary N) is 1. The van der Waals surface area contributed by atoms with Gasteiger partial charge in [-0.05, 0) is 83.5 Å². The zero-order valence-electron chi connectivity index (χ0n) is 46.3. The van der Waals surface area contributed by atoms with E-state index >= 15 is 0 Å². The minimum absolute atomic E-state index is 0.260. The second kappa shape index (κ2) is 46.1. The molecule has 0 aliphatic carbocycles. The van der Waals surface area contributed by atoms with Gasteiger partial charge >= 0.3 is 0 Å². The normalized spacial score (nSPS) is 25.7. The molecule has 75 heavy (non-hydrogen) atoms. The summed E-state index contributed by atoms with van der Waals surface area (Å²) in [6, 6.07) is -0.945. The van der Waals surface area contributed by atoms with Crippen LogP contribution in [0.5, 0.6) is 0 Å². The summed E-state index contributed by atoms with van der Waals surface area (Å²) in [5.41, 5.74) is 0. The van der Waals surface area contributed by atoms with Crippen molar-refractivity contribution in [3.8, 4) is 0 Å². The molecule has 0 aromatic heterocycles. The summed E-state index contributed by atoms with van der Waals surface area (Å²) in [6.45, 7) is 2.64. The van der Waals surface area contributed by atoms with Crippen molar-refractivity contribution in [3.63, 3.8) is 0 Å². The topological polar surface area (TPSA) is 228 Å². The van der Waals surface area contributed by atoms with Gasteiger partial charge in [0.25, 0.3) is 0 Å². The second-order valence-corrected chi connectivity index (χ2v) is 20.4. The lowest BCUT2D eigenvalue weighted by Crippen LogP contribution is -2.65. The molecule has 14 nitrogen and oxygen atoms in total. The lowest BCUT2D eigenvalue weighted by molar-refractivity contribution is -0.359. The Kier molecular flexibility index (Phi) is 42.0. The van der Waals surface area contributed by atoms with Gasteiger partial charge in [0, 0.05) is 6.42 Å². The van der Waals surface area contributed by atoms with Crippen LogP contribution in [0.1, 0.15) is 200 Å². The Morgan fingerprint density at radius 3 is 1.47 bits per heavy atom. The lowest BCUT2D eigenvalue weighted by atomic mass is 9.97. The Labute approximate surface area is 452 Å². The van der Waals surface area contributed by atoms with Gasteiger partial charge in [-0.1, -0.05) is 195 Å². The molecule has 9 N–H and O–H groups in total. The van der Waals surface area contributed by atoms with Crippen LogP contribution in [0.4, 0.5) is 0 Å². The Balaban J connectivity index is 1.80. The van der Waals surface area contributed by atoms with E-state index in [1.54, 1.807) is 6.08 Å². The van der Waals surface area contributed by atoms with Crippen LogP contribution in [0.15, 0.2) is 85.1 Å². The van der Waals surface area contributed by atoms with Crippen molar-refractivity contribution in [3.05, 3.63) is 85.1 Å². The third-order valence-electron chi connectivity index (χ3n) is 13.8. The zero-order valence-corrected chi connectivity index (χ0v) is 46.3. The number of allylic oxidation sites excluding steroid dienone is 13. The van der Waals surface area contributed by atoms with Crippen molar-refractivity contribution < 1.29 is 64.6 Å². The predicted molar refractivity (Wildman–Crippen MR) is 300 cm³/mol. The maximum atomic E-state index is 13.3. The molecular weight excluding hydrogens is 955 g/mol. The van der Waals surface area contributed by atoms with Crippen LogP contribution in [0.25, 0.3) is 0 Å². The van der Waals surface area contributed by atoms with E-state index < -0.39 is 86.8 Å². The largest absolute Gasteiger partial charge is 0.394 e. The van der Waals surface area contributed by atoms with Gasteiger partial charge in [0.2, 0.25) is 5.91 Å². The number of rotatable bonds is 45. The summed E-state index contributed by atoms with van der Waals surface area (Å²) in [4.78, 5) is 13.3. The average molecular weight is 1060 g/mol. The van der Waals surface area contributed by atoms with E-state index in [0.717, 1.165) is 77.0 Å². The molecule has 0 radical (unpaired) electrons. The van der Waals surface area contributed by atoms with Crippen LogP contribution < -0.4 is 5.32 Å². The van der Waals surface area contributed by atoms with E-state index in [1.807, 2.05) is 6.08 Å². The van der Waals surface area contributed by atoms with E-state index in [4.69, 9.17) is 18.9 Å². The highest BCUT2D eigenvalue weighted by Gasteiger charge is 2.51. The van der Waals surface area contributed by atoms with Gasteiger partial charge in [-0.25, -0.2) is 0 Å². The Morgan fingerprint density at radius 1 is 0.493 bits per heavy atom. The van der Waals surface area contributed by atoms with Crippen molar-refractivity contribution in [2.75, 3.05) is 19.8 Å². The molecule has 2 rings (SSSR count). The standard InChI is InChI=1S/C61H105NO13/c1-3-5-7-9-11-13-15-17-19-21-23-24-25-26-27-29-31-33-35-37-39-41-43-45-53(66)62-49(50(65)44-42-40-38-36-34-32-30-28-22-20-18-16-14-12-10-8-6-4-2)48-72-60-58(71)56(69)59(52(47-64)74-60)75-61-57(70)55(68)54(67)51(46-63)73-61/h5,7,11,13,17,19,22-24,28,34,36,42,44,49-52,54-61,63-65,67-71H,3-4,6,8-10,12,14-16,18,20-21,25-27,29-33,35,37-41,43,45-48H2,1-2H3,(H,62,66)/b7-5-,13-11-,19-17-,24-23-,28-22+,36-34+,44-42+. The molecular formula is C61H105NO13. The molecule has 12 atom stereocenters. The number of carbonyl (C=O) groups excluding carboxylic acids is 1. The molecule has 12 unspecified atom stereocenters. The number of hydrogen-bond donors (Lipinski definition) is 9. The summed E-state index contributed by atoms with van der Waals surface area (Å²) < 4.78 is 22.7. The van der Waals surface area contributed by atoms with Crippen LogP contribution in [-0.4, -0.2) is 140 Å². The first-order valence-electron chi connectivity index (χ1n) is 29.3. The quantitative estimate of drug-likeness (QED) is 0.0205. The maximum Gasteiger partial charge on any atom is 0.220 e. The van der Waals surface area contributed by atoms with Crippen molar-refractivity contribution >= 4 is 5.91 Å². The Bertz CT molecular complexity index is 1580. The molecule has 0 bridgehead atoms. The molecule has 432 valence electrons. The maximum absolute atomic E-state index is 13.3. The summed E-state index contributed by atoms with van der Waals surface area (Å²) >= 11 is 0.